The Morgan fingerprint density at radius 2 is 1.62 bits per heavy atom. The van der Waals surface area contributed by atoms with Crippen LogP contribution < -0.4 is 10.2 Å². The lowest BCUT2D eigenvalue weighted by molar-refractivity contribution is 0.245. The van der Waals surface area contributed by atoms with Crippen molar-refractivity contribution < 1.29 is 13.2 Å². The third-order valence-electron chi connectivity index (χ3n) is 4.20. The largest absolute Gasteiger partial charge is 0.334 e. The van der Waals surface area contributed by atoms with Crippen LogP contribution in [0.5, 0.6) is 0 Å². The topological polar surface area (TPSA) is 66.5 Å². The minimum Gasteiger partial charge on any atom is -0.334 e. The minimum absolute atomic E-state index is 0.0185. The summed E-state index contributed by atoms with van der Waals surface area (Å²) >= 11 is 1.63. The number of para-hydroxylation sites is 2. The summed E-state index contributed by atoms with van der Waals surface area (Å²) in [6.45, 7) is 0. The third-order valence-corrected chi connectivity index (χ3v) is 7.09. The Labute approximate surface area is 145 Å². The fraction of sp³-hybridized carbons (Fsp3) is 0.235. The molecule has 2 aromatic carbocycles. The molecule has 2 aliphatic rings. The van der Waals surface area contributed by atoms with Gasteiger partial charge in [0.05, 0.1) is 22.9 Å². The Hall–Kier alpha value is -1.99. The highest BCUT2D eigenvalue weighted by atomic mass is 32.2. The Morgan fingerprint density at radius 1 is 1.04 bits per heavy atom. The first-order valence-corrected chi connectivity index (χ1v) is 10.3. The van der Waals surface area contributed by atoms with Crippen LogP contribution in [-0.4, -0.2) is 32.0 Å². The molecular formula is C17H16N2O3S2. The van der Waals surface area contributed by atoms with Crippen molar-refractivity contribution in [3.05, 3.63) is 48.5 Å². The first-order valence-electron chi connectivity index (χ1n) is 7.70. The number of amides is 2. The van der Waals surface area contributed by atoms with Gasteiger partial charge in [-0.3, -0.25) is 4.90 Å². The second kappa shape index (κ2) is 5.82. The highest BCUT2D eigenvalue weighted by Crippen LogP contribution is 2.47. The van der Waals surface area contributed by atoms with Gasteiger partial charge in [-0.2, -0.15) is 0 Å². The fourth-order valence-electron chi connectivity index (χ4n) is 3.07. The van der Waals surface area contributed by atoms with E-state index in [1.807, 2.05) is 48.5 Å². The maximum atomic E-state index is 12.9. The maximum Gasteiger partial charge on any atom is 0.326 e. The smallest absolute Gasteiger partial charge is 0.326 e. The van der Waals surface area contributed by atoms with E-state index < -0.39 is 9.84 Å². The zero-order valence-corrected chi connectivity index (χ0v) is 14.4. The van der Waals surface area contributed by atoms with E-state index in [9.17, 15) is 13.2 Å². The maximum absolute atomic E-state index is 12.9. The predicted molar refractivity (Wildman–Crippen MR) is 94.7 cm³/mol. The zero-order valence-electron chi connectivity index (χ0n) is 12.8. The summed E-state index contributed by atoms with van der Waals surface area (Å²) in [5, 5.41) is 2.88. The summed E-state index contributed by atoms with van der Waals surface area (Å²) in [4.78, 5) is 16.6. The third kappa shape index (κ3) is 2.78. The SMILES string of the molecule is O=C(N[C@H]1CCS(=O)(=O)C1)N1c2ccccc2Sc2ccccc21. The minimum atomic E-state index is -3.03. The van der Waals surface area contributed by atoms with E-state index in [-0.39, 0.29) is 23.6 Å². The van der Waals surface area contributed by atoms with Gasteiger partial charge in [-0.15, -0.1) is 0 Å². The first-order chi connectivity index (χ1) is 11.5. The molecule has 0 radical (unpaired) electrons. The summed E-state index contributed by atoms with van der Waals surface area (Å²) < 4.78 is 23.3. The van der Waals surface area contributed by atoms with Crippen molar-refractivity contribution in [3.63, 3.8) is 0 Å². The second-order valence-corrected chi connectivity index (χ2v) is 9.23. The van der Waals surface area contributed by atoms with Crippen molar-refractivity contribution in [1.82, 2.24) is 5.32 Å². The van der Waals surface area contributed by atoms with Crippen LogP contribution in [0.1, 0.15) is 6.42 Å². The monoisotopic (exact) mass is 360 g/mol. The van der Waals surface area contributed by atoms with Gasteiger partial charge in [0, 0.05) is 15.8 Å². The normalized spacial score (nSPS) is 21.0. The van der Waals surface area contributed by atoms with E-state index in [1.165, 1.54) is 0 Å². The van der Waals surface area contributed by atoms with E-state index in [1.54, 1.807) is 16.7 Å². The quantitative estimate of drug-likeness (QED) is 0.848. The number of nitrogens with zero attached hydrogens (tertiary/aromatic N) is 1. The number of urea groups is 1. The fourth-order valence-corrected chi connectivity index (χ4v) is 5.80. The molecule has 0 unspecified atom stereocenters. The molecule has 0 bridgehead atoms. The Bertz CT molecular complexity index is 866. The van der Waals surface area contributed by atoms with Gasteiger partial charge in [0.25, 0.3) is 0 Å². The number of benzene rings is 2. The molecule has 4 rings (SSSR count). The van der Waals surface area contributed by atoms with Crippen LogP contribution in [0, 0.1) is 0 Å². The number of anilines is 2. The van der Waals surface area contributed by atoms with Crippen molar-refractivity contribution in [3.8, 4) is 0 Å². The molecule has 0 aliphatic carbocycles. The molecule has 0 aromatic heterocycles. The highest BCUT2D eigenvalue weighted by molar-refractivity contribution is 7.99. The molecule has 1 N–H and O–H groups in total. The van der Waals surface area contributed by atoms with E-state index in [4.69, 9.17) is 0 Å². The van der Waals surface area contributed by atoms with Crippen LogP contribution in [0.25, 0.3) is 0 Å². The summed E-state index contributed by atoms with van der Waals surface area (Å²) in [7, 11) is -3.03. The van der Waals surface area contributed by atoms with Gasteiger partial charge in [-0.1, -0.05) is 36.0 Å². The van der Waals surface area contributed by atoms with E-state index in [2.05, 4.69) is 5.32 Å². The second-order valence-electron chi connectivity index (χ2n) is 5.92. The summed E-state index contributed by atoms with van der Waals surface area (Å²) in [5.74, 6) is 0.158. The van der Waals surface area contributed by atoms with Crippen molar-refractivity contribution in [2.24, 2.45) is 0 Å². The first kappa shape index (κ1) is 15.5. The van der Waals surface area contributed by atoms with Crippen LogP contribution in [-0.2, 0) is 9.84 Å². The van der Waals surface area contributed by atoms with Gasteiger partial charge in [0.2, 0.25) is 0 Å². The summed E-state index contributed by atoms with van der Waals surface area (Å²) in [6, 6.07) is 14.9. The molecule has 1 atom stereocenters. The average Bonchev–Trinajstić information content (AvgIpc) is 2.91. The Kier molecular flexibility index (Phi) is 3.77. The highest BCUT2D eigenvalue weighted by Gasteiger charge is 2.33. The lowest BCUT2D eigenvalue weighted by Crippen LogP contribution is -2.44. The number of rotatable bonds is 1. The van der Waals surface area contributed by atoms with Gasteiger partial charge in [0.15, 0.2) is 9.84 Å². The number of hydrogen-bond acceptors (Lipinski definition) is 4. The number of carbonyl (C=O) groups excluding carboxylic acids is 1. The molecule has 2 heterocycles. The molecule has 124 valence electrons. The van der Waals surface area contributed by atoms with Crippen LogP contribution in [0.4, 0.5) is 16.2 Å². The van der Waals surface area contributed by atoms with Gasteiger partial charge in [-0.25, -0.2) is 13.2 Å². The lowest BCUT2D eigenvalue weighted by atomic mass is 10.2. The van der Waals surface area contributed by atoms with Gasteiger partial charge in [-0.05, 0) is 30.7 Å². The zero-order chi connectivity index (χ0) is 16.7. The molecule has 2 aromatic rings. The van der Waals surface area contributed by atoms with Gasteiger partial charge < -0.3 is 5.32 Å². The van der Waals surface area contributed by atoms with Crippen LogP contribution in [0.2, 0.25) is 0 Å². The van der Waals surface area contributed by atoms with E-state index in [0.29, 0.717) is 6.42 Å². The van der Waals surface area contributed by atoms with Crippen molar-refractivity contribution >= 4 is 39.0 Å². The Morgan fingerprint density at radius 3 is 2.17 bits per heavy atom. The molecule has 5 nitrogen and oxygen atoms in total. The molecule has 1 saturated heterocycles. The van der Waals surface area contributed by atoms with Crippen LogP contribution >= 0.6 is 11.8 Å². The molecule has 2 amide bonds. The van der Waals surface area contributed by atoms with Gasteiger partial charge in [0.1, 0.15) is 0 Å². The molecule has 1 fully saturated rings. The standard InChI is InChI=1S/C17H16N2O3S2/c20-17(18-12-9-10-24(21,22)11-12)19-13-5-1-3-7-15(13)23-16-8-4-2-6-14(16)19/h1-8,12H,9-11H2,(H,18,20)/t12-/m0/s1. The molecule has 0 saturated carbocycles. The van der Waals surface area contributed by atoms with Crippen molar-refractivity contribution in [2.75, 3.05) is 16.4 Å². The van der Waals surface area contributed by atoms with Gasteiger partial charge >= 0.3 is 6.03 Å². The molecule has 0 spiro atoms. The van der Waals surface area contributed by atoms with E-state index in [0.717, 1.165) is 21.2 Å². The summed E-state index contributed by atoms with van der Waals surface area (Å²) in [6.07, 6.45) is 0.472. The van der Waals surface area contributed by atoms with Crippen LogP contribution in [0.15, 0.2) is 58.3 Å². The summed E-state index contributed by atoms with van der Waals surface area (Å²) in [5.41, 5.74) is 1.64. The molecule has 7 heteroatoms. The predicted octanol–water partition coefficient (Wildman–Crippen LogP) is 3.19. The van der Waals surface area contributed by atoms with Crippen molar-refractivity contribution in [2.45, 2.75) is 22.3 Å². The lowest BCUT2D eigenvalue weighted by Gasteiger charge is -2.31. The Balaban J connectivity index is 1.68. The van der Waals surface area contributed by atoms with Crippen molar-refractivity contribution in [1.29, 1.82) is 0 Å². The molecular weight excluding hydrogens is 344 g/mol. The number of hydrogen-bond donors (Lipinski definition) is 1. The average molecular weight is 360 g/mol. The number of sulfone groups is 1. The van der Waals surface area contributed by atoms with E-state index >= 15 is 0 Å². The number of nitrogens with one attached hydrogen (secondary N) is 1. The molecule has 24 heavy (non-hydrogen) atoms. The molecule has 2 aliphatic heterocycles. The number of fused-ring (bicyclic) bond motifs is 2. The van der Waals surface area contributed by atoms with Crippen LogP contribution in [0.3, 0.4) is 0 Å². The number of carbonyl (C=O) groups is 1.